The lowest BCUT2D eigenvalue weighted by atomic mass is 9.98. The summed E-state index contributed by atoms with van der Waals surface area (Å²) >= 11 is 0. The van der Waals surface area contributed by atoms with Crippen LogP contribution in [0.2, 0.25) is 0 Å². The number of nitrogens with one attached hydrogen (secondary N) is 1. The first kappa shape index (κ1) is 15.1. The van der Waals surface area contributed by atoms with Gasteiger partial charge < -0.3 is 15.0 Å². The molecule has 5 nitrogen and oxygen atoms in total. The van der Waals surface area contributed by atoms with E-state index in [1.54, 1.807) is 12.3 Å². The molecule has 0 saturated carbocycles. The van der Waals surface area contributed by atoms with E-state index >= 15 is 0 Å². The number of hydrogen-bond acceptors (Lipinski definition) is 4. The molecule has 0 unspecified atom stereocenters. The maximum Gasteiger partial charge on any atom is 0.224 e. The van der Waals surface area contributed by atoms with E-state index in [0.29, 0.717) is 23.0 Å². The van der Waals surface area contributed by atoms with Gasteiger partial charge in [0.25, 0.3) is 0 Å². The SMILES string of the molecule is OCC1CCN(c2ccc(-c3cc4cccnc4[nH]3)c(F)n2)CC1. The van der Waals surface area contributed by atoms with Crippen molar-refractivity contribution in [3.8, 4) is 11.3 Å². The van der Waals surface area contributed by atoms with Gasteiger partial charge in [-0.25, -0.2) is 9.97 Å². The van der Waals surface area contributed by atoms with Gasteiger partial charge in [-0.15, -0.1) is 0 Å². The fourth-order valence-corrected chi connectivity index (χ4v) is 3.25. The van der Waals surface area contributed by atoms with Gasteiger partial charge in [0.2, 0.25) is 5.95 Å². The second-order valence-electron chi connectivity index (χ2n) is 6.25. The Bertz CT molecular complexity index is 822. The number of rotatable bonds is 3. The van der Waals surface area contributed by atoms with Crippen LogP contribution in [0.15, 0.2) is 36.5 Å². The summed E-state index contributed by atoms with van der Waals surface area (Å²) in [5, 5.41) is 10.2. The van der Waals surface area contributed by atoms with Gasteiger partial charge in [-0.2, -0.15) is 4.39 Å². The summed E-state index contributed by atoms with van der Waals surface area (Å²) in [5.74, 6) is 0.523. The quantitative estimate of drug-likeness (QED) is 0.726. The molecular formula is C18H19FN4O. The summed E-state index contributed by atoms with van der Waals surface area (Å²) in [7, 11) is 0. The van der Waals surface area contributed by atoms with Gasteiger partial charge in [0.05, 0.1) is 11.3 Å². The minimum Gasteiger partial charge on any atom is -0.396 e. The zero-order valence-electron chi connectivity index (χ0n) is 13.2. The third-order valence-electron chi connectivity index (χ3n) is 4.71. The molecule has 3 aromatic rings. The average molecular weight is 326 g/mol. The van der Waals surface area contributed by atoms with Crippen molar-refractivity contribution in [2.75, 3.05) is 24.6 Å². The van der Waals surface area contributed by atoms with Gasteiger partial charge >= 0.3 is 0 Å². The molecule has 1 fully saturated rings. The van der Waals surface area contributed by atoms with Crippen molar-refractivity contribution in [1.82, 2.24) is 15.0 Å². The number of fused-ring (bicyclic) bond motifs is 1. The monoisotopic (exact) mass is 326 g/mol. The van der Waals surface area contributed by atoms with Crippen LogP contribution in [0.3, 0.4) is 0 Å². The topological polar surface area (TPSA) is 65.0 Å². The first-order valence-corrected chi connectivity index (χ1v) is 8.21. The van der Waals surface area contributed by atoms with Gasteiger partial charge in [-0.05, 0) is 49.1 Å². The fraction of sp³-hybridized carbons (Fsp3) is 0.333. The Hall–Kier alpha value is -2.47. The van der Waals surface area contributed by atoms with E-state index in [1.807, 2.05) is 24.3 Å². The second-order valence-corrected chi connectivity index (χ2v) is 6.25. The minimum atomic E-state index is -0.483. The molecule has 4 heterocycles. The molecular weight excluding hydrogens is 307 g/mol. The van der Waals surface area contributed by atoms with Crippen LogP contribution < -0.4 is 4.90 Å². The normalized spacial score (nSPS) is 16.0. The van der Waals surface area contributed by atoms with E-state index in [0.717, 1.165) is 37.0 Å². The molecule has 3 aromatic heterocycles. The second kappa shape index (κ2) is 6.20. The highest BCUT2D eigenvalue weighted by molar-refractivity contribution is 5.82. The number of aliphatic hydroxyl groups is 1. The zero-order valence-corrected chi connectivity index (χ0v) is 13.2. The maximum atomic E-state index is 14.5. The lowest BCUT2D eigenvalue weighted by molar-refractivity contribution is 0.202. The summed E-state index contributed by atoms with van der Waals surface area (Å²) < 4.78 is 14.5. The Morgan fingerprint density at radius 2 is 2.08 bits per heavy atom. The van der Waals surface area contributed by atoms with E-state index in [-0.39, 0.29) is 6.61 Å². The Labute approximate surface area is 139 Å². The van der Waals surface area contributed by atoms with Crippen molar-refractivity contribution >= 4 is 16.9 Å². The lowest BCUT2D eigenvalue weighted by Crippen LogP contribution is -2.35. The number of aromatic amines is 1. The van der Waals surface area contributed by atoms with Crippen LogP contribution in [0.25, 0.3) is 22.3 Å². The molecule has 0 spiro atoms. The number of halogens is 1. The minimum absolute atomic E-state index is 0.225. The molecule has 1 aliphatic rings. The third kappa shape index (κ3) is 2.73. The predicted molar refractivity (Wildman–Crippen MR) is 91.3 cm³/mol. The lowest BCUT2D eigenvalue weighted by Gasteiger charge is -2.32. The molecule has 1 aliphatic heterocycles. The molecule has 1 saturated heterocycles. The van der Waals surface area contributed by atoms with Crippen LogP contribution >= 0.6 is 0 Å². The number of aliphatic hydroxyl groups excluding tert-OH is 1. The van der Waals surface area contributed by atoms with Crippen LogP contribution in [0, 0.1) is 11.9 Å². The Balaban J connectivity index is 1.60. The molecule has 2 N–H and O–H groups in total. The highest BCUT2D eigenvalue weighted by Crippen LogP contribution is 2.28. The van der Waals surface area contributed by atoms with E-state index in [9.17, 15) is 9.50 Å². The summed E-state index contributed by atoms with van der Waals surface area (Å²) in [6, 6.07) is 9.30. The number of anilines is 1. The van der Waals surface area contributed by atoms with Crippen molar-refractivity contribution in [1.29, 1.82) is 0 Å². The van der Waals surface area contributed by atoms with Crippen molar-refractivity contribution in [3.63, 3.8) is 0 Å². The van der Waals surface area contributed by atoms with Crippen molar-refractivity contribution in [3.05, 3.63) is 42.5 Å². The van der Waals surface area contributed by atoms with E-state index in [1.165, 1.54) is 0 Å². The molecule has 24 heavy (non-hydrogen) atoms. The van der Waals surface area contributed by atoms with Gasteiger partial charge in [-0.1, -0.05) is 0 Å². The zero-order chi connectivity index (χ0) is 16.5. The van der Waals surface area contributed by atoms with E-state index in [4.69, 9.17) is 0 Å². The summed E-state index contributed by atoms with van der Waals surface area (Å²) in [6.07, 6.45) is 3.53. The molecule has 0 aromatic carbocycles. The Morgan fingerprint density at radius 1 is 1.25 bits per heavy atom. The molecule has 124 valence electrons. The number of aromatic nitrogens is 3. The van der Waals surface area contributed by atoms with Crippen LogP contribution in [-0.2, 0) is 0 Å². The number of nitrogens with zero attached hydrogens (tertiary/aromatic N) is 3. The summed E-state index contributed by atoms with van der Waals surface area (Å²) in [6.45, 7) is 1.82. The van der Waals surface area contributed by atoms with Gasteiger partial charge in [0.1, 0.15) is 11.5 Å². The fourth-order valence-electron chi connectivity index (χ4n) is 3.25. The van der Waals surface area contributed by atoms with E-state index in [2.05, 4.69) is 19.9 Å². The Kier molecular flexibility index (Phi) is 3.90. The van der Waals surface area contributed by atoms with E-state index < -0.39 is 5.95 Å². The number of hydrogen-bond donors (Lipinski definition) is 2. The van der Waals surface area contributed by atoms with Crippen LogP contribution in [-0.4, -0.2) is 39.8 Å². The molecule has 0 bridgehead atoms. The molecule has 0 amide bonds. The average Bonchev–Trinajstić information content (AvgIpc) is 3.05. The first-order chi connectivity index (χ1) is 11.7. The van der Waals surface area contributed by atoms with Crippen molar-refractivity contribution in [2.24, 2.45) is 5.92 Å². The Morgan fingerprint density at radius 3 is 2.79 bits per heavy atom. The summed E-state index contributed by atoms with van der Waals surface area (Å²) in [4.78, 5) is 13.6. The van der Waals surface area contributed by atoms with Gasteiger partial charge in [0, 0.05) is 31.3 Å². The molecule has 0 radical (unpaired) electrons. The van der Waals surface area contributed by atoms with Gasteiger partial charge in [0.15, 0.2) is 0 Å². The molecule has 0 aliphatic carbocycles. The maximum absolute atomic E-state index is 14.5. The number of H-pyrrole nitrogens is 1. The standard InChI is InChI=1S/C18H19FN4O/c19-17-14(15-10-13-2-1-7-20-18(13)21-15)3-4-16(22-17)23-8-5-12(11-24)6-9-23/h1-4,7,10,12,24H,5-6,8-9,11H2,(H,20,21). The third-order valence-corrected chi connectivity index (χ3v) is 4.71. The predicted octanol–water partition coefficient (Wildman–Crippen LogP) is 2.97. The van der Waals surface area contributed by atoms with Crippen LogP contribution in [0.4, 0.5) is 10.2 Å². The van der Waals surface area contributed by atoms with Crippen LogP contribution in [0.1, 0.15) is 12.8 Å². The highest BCUT2D eigenvalue weighted by atomic mass is 19.1. The highest BCUT2D eigenvalue weighted by Gasteiger charge is 2.20. The molecule has 4 rings (SSSR count). The number of pyridine rings is 2. The van der Waals surface area contributed by atoms with Gasteiger partial charge in [-0.3, -0.25) is 0 Å². The number of piperidine rings is 1. The summed E-state index contributed by atoms with van der Waals surface area (Å²) in [5.41, 5.74) is 1.86. The van der Waals surface area contributed by atoms with Crippen molar-refractivity contribution < 1.29 is 9.50 Å². The molecule has 6 heteroatoms. The molecule has 0 atom stereocenters. The first-order valence-electron chi connectivity index (χ1n) is 8.21. The smallest absolute Gasteiger partial charge is 0.224 e. The van der Waals surface area contributed by atoms with Crippen LogP contribution in [0.5, 0.6) is 0 Å². The van der Waals surface area contributed by atoms with Crippen molar-refractivity contribution in [2.45, 2.75) is 12.8 Å². The largest absolute Gasteiger partial charge is 0.396 e.